The summed E-state index contributed by atoms with van der Waals surface area (Å²) in [6.07, 6.45) is 8.89. The van der Waals surface area contributed by atoms with Crippen molar-refractivity contribution in [1.82, 2.24) is 0 Å². The summed E-state index contributed by atoms with van der Waals surface area (Å²) in [7, 11) is -4.53. The summed E-state index contributed by atoms with van der Waals surface area (Å²) in [5.74, 6) is 0. The Balaban J connectivity index is 2.38. The van der Waals surface area contributed by atoms with Crippen LogP contribution < -0.4 is 0 Å². The van der Waals surface area contributed by atoms with Crippen LogP contribution in [0, 0.1) is 16.2 Å². The third-order valence-electron chi connectivity index (χ3n) is 2.37. The lowest BCUT2D eigenvalue weighted by Gasteiger charge is -2.02. The topological polar surface area (TPSA) is 89.6 Å². The van der Waals surface area contributed by atoms with Crippen LogP contribution in [0.2, 0.25) is 0 Å². The molecule has 0 bridgehead atoms. The minimum absolute atomic E-state index is 0.342. The Bertz CT molecular complexity index is 702. The predicted molar refractivity (Wildman–Crippen MR) is 69.3 cm³/mol. The lowest BCUT2D eigenvalue weighted by molar-refractivity contribution is -0.305. The van der Waals surface area contributed by atoms with Crippen LogP contribution in [0.4, 0.5) is 5.69 Å². The summed E-state index contributed by atoms with van der Waals surface area (Å²) >= 11 is 0. The van der Waals surface area contributed by atoms with E-state index in [1.165, 1.54) is 18.2 Å². The average molecular weight is 277 g/mol. The molecule has 0 heterocycles. The standard InChI is InChI=1S/C12H9N2O4S/c15-14(16)19(17,18)12-8-4-7-11(9-12)13-10-5-2-1-3-6-10/h1-4,7-9H,5H2. The van der Waals surface area contributed by atoms with Crippen molar-refractivity contribution in [3.63, 3.8) is 0 Å². The van der Waals surface area contributed by atoms with Gasteiger partial charge in [0.25, 0.3) is 0 Å². The fourth-order valence-electron chi connectivity index (χ4n) is 1.48. The van der Waals surface area contributed by atoms with Gasteiger partial charge in [0.1, 0.15) is 4.90 Å². The number of benzene rings is 1. The van der Waals surface area contributed by atoms with E-state index in [1.54, 1.807) is 12.1 Å². The van der Waals surface area contributed by atoms with Crippen molar-refractivity contribution >= 4 is 21.4 Å². The van der Waals surface area contributed by atoms with E-state index in [9.17, 15) is 18.5 Å². The Morgan fingerprint density at radius 3 is 2.79 bits per heavy atom. The molecule has 1 aliphatic carbocycles. The van der Waals surface area contributed by atoms with E-state index >= 15 is 0 Å². The van der Waals surface area contributed by atoms with Crippen molar-refractivity contribution in [2.45, 2.75) is 11.3 Å². The first-order valence-electron chi connectivity index (χ1n) is 5.32. The molecule has 0 aliphatic heterocycles. The number of allylic oxidation sites excluding steroid dienone is 4. The van der Waals surface area contributed by atoms with E-state index in [4.69, 9.17) is 0 Å². The zero-order valence-electron chi connectivity index (χ0n) is 9.68. The number of nitro groups is 1. The van der Waals surface area contributed by atoms with Crippen LogP contribution in [0.3, 0.4) is 0 Å². The molecular weight excluding hydrogens is 268 g/mol. The summed E-state index contributed by atoms with van der Waals surface area (Å²) in [5, 5.41) is 10.5. The highest BCUT2D eigenvalue weighted by Crippen LogP contribution is 2.20. The first kappa shape index (κ1) is 13.2. The van der Waals surface area contributed by atoms with Gasteiger partial charge in [0.2, 0.25) is 0 Å². The average Bonchev–Trinajstić information content (AvgIpc) is 2.40. The minimum atomic E-state index is -4.53. The van der Waals surface area contributed by atoms with E-state index in [0.29, 0.717) is 17.8 Å². The molecule has 1 aromatic carbocycles. The van der Waals surface area contributed by atoms with Crippen LogP contribution in [-0.4, -0.2) is 18.5 Å². The SMILES string of the molecule is O=[N+]([O-])S(=O)(=O)c1cccc(N=C2[C]=CC=CC2)c1. The molecule has 0 saturated heterocycles. The van der Waals surface area contributed by atoms with Crippen LogP contribution >= 0.6 is 0 Å². The highest BCUT2D eigenvalue weighted by Gasteiger charge is 2.26. The summed E-state index contributed by atoms with van der Waals surface area (Å²) in [5.41, 5.74) is 0.979. The Morgan fingerprint density at radius 1 is 1.37 bits per heavy atom. The second-order valence-electron chi connectivity index (χ2n) is 3.70. The fourth-order valence-corrected chi connectivity index (χ4v) is 2.18. The highest BCUT2D eigenvalue weighted by atomic mass is 32.2. The van der Waals surface area contributed by atoms with E-state index < -0.39 is 14.4 Å². The molecule has 0 fully saturated rings. The van der Waals surface area contributed by atoms with Gasteiger partial charge in [-0.1, -0.05) is 24.3 Å². The molecule has 7 heteroatoms. The molecule has 6 nitrogen and oxygen atoms in total. The van der Waals surface area contributed by atoms with Crippen LogP contribution in [-0.2, 0) is 10.0 Å². The molecule has 1 aliphatic rings. The molecule has 1 radical (unpaired) electrons. The maximum absolute atomic E-state index is 11.4. The maximum Gasteiger partial charge on any atom is 0.448 e. The second kappa shape index (κ2) is 5.15. The van der Waals surface area contributed by atoms with Crippen LogP contribution in [0.15, 0.2) is 52.4 Å². The van der Waals surface area contributed by atoms with Gasteiger partial charge in [-0.2, -0.15) is 8.42 Å². The second-order valence-corrected chi connectivity index (χ2v) is 5.42. The number of hydrogen-bond acceptors (Lipinski definition) is 5. The van der Waals surface area contributed by atoms with Crippen LogP contribution in [0.5, 0.6) is 0 Å². The monoisotopic (exact) mass is 277 g/mol. The molecule has 0 saturated carbocycles. The molecule has 1 aromatic rings. The van der Waals surface area contributed by atoms with Gasteiger partial charge in [0, 0.05) is 12.5 Å². The van der Waals surface area contributed by atoms with Gasteiger partial charge in [0.15, 0.2) is 4.33 Å². The molecule has 2 rings (SSSR count). The van der Waals surface area contributed by atoms with Crippen molar-refractivity contribution in [1.29, 1.82) is 0 Å². The normalized spacial score (nSPS) is 16.7. The first-order chi connectivity index (χ1) is 9.00. The Kier molecular flexibility index (Phi) is 3.57. The van der Waals surface area contributed by atoms with Gasteiger partial charge in [-0.25, -0.2) is 10.1 Å². The highest BCUT2D eigenvalue weighted by molar-refractivity contribution is 7.85. The summed E-state index contributed by atoms with van der Waals surface area (Å²) in [4.78, 5) is 14.3. The largest absolute Gasteiger partial charge is 0.448 e. The number of sulfonamides is 1. The van der Waals surface area contributed by atoms with Gasteiger partial charge < -0.3 is 0 Å². The molecule has 0 unspecified atom stereocenters. The van der Waals surface area contributed by atoms with Gasteiger partial charge in [-0.15, -0.1) is 0 Å². The molecule has 0 aromatic heterocycles. The van der Waals surface area contributed by atoms with Crippen LogP contribution in [0.1, 0.15) is 6.42 Å². The zero-order valence-corrected chi connectivity index (χ0v) is 10.5. The number of aliphatic imine (C=N–C) groups is 1. The van der Waals surface area contributed by atoms with Gasteiger partial charge in [0.05, 0.1) is 11.4 Å². The third kappa shape index (κ3) is 2.94. The van der Waals surface area contributed by atoms with E-state index in [-0.39, 0.29) is 4.90 Å². The van der Waals surface area contributed by atoms with Crippen LogP contribution in [0.25, 0.3) is 0 Å². The predicted octanol–water partition coefficient (Wildman–Crippen LogP) is 2.04. The van der Waals surface area contributed by atoms with E-state index in [0.717, 1.165) is 0 Å². The van der Waals surface area contributed by atoms with Crippen molar-refractivity contribution in [2.75, 3.05) is 0 Å². The molecular formula is C12H9N2O4S. The zero-order chi connectivity index (χ0) is 13.9. The Morgan fingerprint density at radius 2 is 2.16 bits per heavy atom. The Hall–Kier alpha value is -2.28. The van der Waals surface area contributed by atoms with Gasteiger partial charge >= 0.3 is 10.0 Å². The molecule has 97 valence electrons. The van der Waals surface area contributed by atoms with Crippen molar-refractivity contribution in [2.24, 2.45) is 4.99 Å². The van der Waals surface area contributed by atoms with E-state index in [2.05, 4.69) is 11.1 Å². The smallest absolute Gasteiger partial charge is 0.252 e. The summed E-state index contributed by atoms with van der Waals surface area (Å²) < 4.78 is 21.5. The van der Waals surface area contributed by atoms with Gasteiger partial charge in [-0.3, -0.25) is 4.99 Å². The van der Waals surface area contributed by atoms with Crippen molar-refractivity contribution in [3.8, 4) is 0 Å². The lowest BCUT2D eigenvalue weighted by atomic mass is 10.1. The molecule has 0 amide bonds. The lowest BCUT2D eigenvalue weighted by Crippen LogP contribution is -2.12. The quantitative estimate of drug-likeness (QED) is 0.624. The number of rotatable bonds is 3. The minimum Gasteiger partial charge on any atom is -0.252 e. The fraction of sp³-hybridized carbons (Fsp3) is 0.0833. The molecule has 0 N–H and O–H groups in total. The molecule has 19 heavy (non-hydrogen) atoms. The van der Waals surface area contributed by atoms with E-state index in [1.807, 2.05) is 12.2 Å². The van der Waals surface area contributed by atoms with Gasteiger partial charge in [-0.05, 0) is 18.2 Å². The molecule has 0 atom stereocenters. The third-order valence-corrected chi connectivity index (χ3v) is 3.61. The number of nitrogens with zero attached hydrogens (tertiary/aromatic N) is 2. The summed E-state index contributed by atoms with van der Waals surface area (Å²) in [6.45, 7) is 0. The first-order valence-corrected chi connectivity index (χ1v) is 6.76. The van der Waals surface area contributed by atoms with Crippen molar-refractivity contribution < 1.29 is 12.7 Å². The molecule has 0 spiro atoms. The summed E-state index contributed by atoms with van der Waals surface area (Å²) in [6, 6.07) is 5.33. The number of hydrogen-bond donors (Lipinski definition) is 0. The van der Waals surface area contributed by atoms with Crippen molar-refractivity contribution in [3.05, 3.63) is 58.7 Å². The Labute approximate surface area is 110 Å². The maximum atomic E-state index is 11.4.